The number of hydrazine groups is 1. The molecule has 0 aromatic heterocycles. The number of hydrogen-bond acceptors (Lipinski definition) is 6. The quantitative estimate of drug-likeness (QED) is 0.349. The molecular formula is C17H26F8N4O2. The summed E-state index contributed by atoms with van der Waals surface area (Å²) in [5.41, 5.74) is 6.73. The maximum absolute atomic E-state index is 14.1. The van der Waals surface area contributed by atoms with Crippen molar-refractivity contribution in [3.8, 4) is 0 Å². The molecule has 182 valence electrons. The zero-order valence-electron chi connectivity index (χ0n) is 16.4. The van der Waals surface area contributed by atoms with Gasteiger partial charge in [0.1, 0.15) is 6.23 Å². The van der Waals surface area contributed by atoms with Crippen LogP contribution in [0.1, 0.15) is 44.9 Å². The third-order valence-electron chi connectivity index (χ3n) is 6.37. The van der Waals surface area contributed by atoms with Crippen molar-refractivity contribution < 1.29 is 45.0 Å². The Morgan fingerprint density at radius 3 is 2.26 bits per heavy atom. The Morgan fingerprint density at radius 2 is 1.65 bits per heavy atom. The van der Waals surface area contributed by atoms with E-state index in [1.807, 2.05) is 0 Å². The number of aliphatic hydroxyl groups is 1. The second kappa shape index (κ2) is 8.52. The van der Waals surface area contributed by atoms with Crippen molar-refractivity contribution in [1.29, 1.82) is 0 Å². The lowest BCUT2D eigenvalue weighted by Crippen LogP contribution is -2.66. The van der Waals surface area contributed by atoms with E-state index in [4.69, 9.17) is 10.5 Å². The molecule has 3 aliphatic rings. The lowest BCUT2D eigenvalue weighted by Gasteiger charge is -2.44. The van der Waals surface area contributed by atoms with E-state index in [2.05, 4.69) is 16.2 Å². The molecule has 0 aromatic rings. The topological polar surface area (TPSA) is 91.6 Å². The molecule has 0 saturated carbocycles. The third-order valence-corrected chi connectivity index (χ3v) is 6.37. The first-order valence-electron chi connectivity index (χ1n) is 10.1. The Bertz CT molecular complexity index is 634. The third kappa shape index (κ3) is 5.24. The predicted molar refractivity (Wildman–Crippen MR) is 91.4 cm³/mol. The smallest absolute Gasteiger partial charge is 0.377 e. The van der Waals surface area contributed by atoms with Crippen LogP contribution in [-0.4, -0.2) is 59.6 Å². The van der Waals surface area contributed by atoms with Crippen molar-refractivity contribution in [1.82, 2.24) is 16.2 Å². The van der Waals surface area contributed by atoms with Crippen molar-refractivity contribution in [3.05, 3.63) is 0 Å². The Hall–Kier alpha value is -0.800. The number of halogens is 8. The lowest BCUT2D eigenvalue weighted by molar-refractivity contribution is -0.303. The fourth-order valence-corrected chi connectivity index (χ4v) is 4.50. The molecule has 0 aromatic carbocycles. The Kier molecular flexibility index (Phi) is 6.83. The van der Waals surface area contributed by atoms with Crippen LogP contribution in [0.25, 0.3) is 0 Å². The molecule has 6 unspecified atom stereocenters. The molecule has 6 nitrogen and oxygen atoms in total. The van der Waals surface area contributed by atoms with E-state index in [-0.39, 0.29) is 19.3 Å². The van der Waals surface area contributed by atoms with E-state index >= 15 is 0 Å². The van der Waals surface area contributed by atoms with Crippen LogP contribution in [0.15, 0.2) is 0 Å². The van der Waals surface area contributed by atoms with Gasteiger partial charge in [0.25, 0.3) is 0 Å². The molecular weight excluding hydrogens is 444 g/mol. The Balaban J connectivity index is 1.89. The average Bonchev–Trinajstić information content (AvgIpc) is 3.12. The monoisotopic (exact) mass is 470 g/mol. The van der Waals surface area contributed by atoms with Gasteiger partial charge in [0.15, 0.2) is 6.23 Å². The minimum Gasteiger partial charge on any atom is -0.377 e. The van der Waals surface area contributed by atoms with E-state index in [0.717, 1.165) is 0 Å². The summed E-state index contributed by atoms with van der Waals surface area (Å²) in [5.74, 6) is -5.35. The van der Waals surface area contributed by atoms with Crippen LogP contribution in [0.5, 0.6) is 0 Å². The van der Waals surface area contributed by atoms with Gasteiger partial charge in [-0.05, 0) is 25.7 Å². The van der Waals surface area contributed by atoms with Crippen LogP contribution in [0.3, 0.4) is 0 Å². The first kappa shape index (κ1) is 24.8. The zero-order valence-corrected chi connectivity index (χ0v) is 16.4. The van der Waals surface area contributed by atoms with Gasteiger partial charge in [0.2, 0.25) is 11.5 Å². The first-order chi connectivity index (χ1) is 14.1. The Labute approximate surface area is 173 Å². The molecule has 3 fully saturated rings. The van der Waals surface area contributed by atoms with Gasteiger partial charge in [-0.2, -0.15) is 26.3 Å². The lowest BCUT2D eigenvalue weighted by atomic mass is 9.81. The summed E-state index contributed by atoms with van der Waals surface area (Å²) >= 11 is 0. The number of nitrogens with two attached hydrogens (primary N) is 1. The second-order valence-electron chi connectivity index (χ2n) is 8.60. The molecule has 6 N–H and O–H groups in total. The largest absolute Gasteiger partial charge is 0.421 e. The summed E-state index contributed by atoms with van der Waals surface area (Å²) in [7, 11) is 0. The van der Waals surface area contributed by atoms with Crippen molar-refractivity contribution in [2.24, 2.45) is 11.7 Å². The molecule has 4 bridgehead atoms. The summed E-state index contributed by atoms with van der Waals surface area (Å²) < 4.78 is 115. The van der Waals surface area contributed by atoms with Crippen molar-refractivity contribution in [2.45, 2.75) is 99.4 Å². The summed E-state index contributed by atoms with van der Waals surface area (Å²) in [6, 6.07) is -3.27. The highest BCUT2D eigenvalue weighted by Crippen LogP contribution is 2.43. The molecule has 31 heavy (non-hydrogen) atoms. The summed E-state index contributed by atoms with van der Waals surface area (Å²) in [6.07, 6.45) is -17.4. The standard InChI is InChI=1S/C17H26F8N4O2/c18-14(19)4-2-1-3-10-8(16(20,21)22)7-9(26)11(27-10)12-28-29-13(31-12)15(30,6-5-14)17(23,24)25/h8-13,27-30H,1-7,26H2/t8?,9?,10?,11?,12?,13?,15-/m1/s1. The van der Waals surface area contributed by atoms with Crippen LogP contribution in [-0.2, 0) is 4.74 Å². The van der Waals surface area contributed by atoms with Gasteiger partial charge in [-0.3, -0.25) is 0 Å². The number of ether oxygens (including phenoxy) is 1. The highest BCUT2D eigenvalue weighted by atomic mass is 19.4. The van der Waals surface area contributed by atoms with Gasteiger partial charge >= 0.3 is 12.4 Å². The first-order valence-corrected chi connectivity index (χ1v) is 10.1. The second-order valence-corrected chi connectivity index (χ2v) is 8.60. The van der Waals surface area contributed by atoms with Crippen LogP contribution in [0.2, 0.25) is 0 Å². The normalized spacial score (nSPS) is 42.8. The number of alkyl halides is 8. The molecule has 3 rings (SSSR count). The predicted octanol–water partition coefficient (Wildman–Crippen LogP) is 2.28. The molecule has 3 aliphatic heterocycles. The zero-order chi connectivity index (χ0) is 23.2. The van der Waals surface area contributed by atoms with E-state index < -0.39 is 86.1 Å². The highest BCUT2D eigenvalue weighted by Gasteiger charge is 2.62. The van der Waals surface area contributed by atoms with E-state index in [1.165, 1.54) is 0 Å². The van der Waals surface area contributed by atoms with Crippen LogP contribution in [0.4, 0.5) is 35.1 Å². The highest BCUT2D eigenvalue weighted by molar-refractivity contribution is 5.03. The van der Waals surface area contributed by atoms with Gasteiger partial charge in [-0.1, -0.05) is 6.42 Å². The molecule has 3 saturated heterocycles. The number of rotatable bonds is 0. The summed E-state index contributed by atoms with van der Waals surface area (Å²) in [6.45, 7) is 0. The van der Waals surface area contributed by atoms with Gasteiger partial charge < -0.3 is 20.9 Å². The molecule has 0 spiro atoms. The fourth-order valence-electron chi connectivity index (χ4n) is 4.50. The minimum absolute atomic E-state index is 0.0190. The molecule has 3 heterocycles. The van der Waals surface area contributed by atoms with Crippen molar-refractivity contribution >= 4 is 0 Å². The minimum atomic E-state index is -5.31. The maximum Gasteiger partial charge on any atom is 0.421 e. The molecule has 14 heteroatoms. The molecule has 0 radical (unpaired) electrons. The van der Waals surface area contributed by atoms with E-state index in [9.17, 15) is 40.2 Å². The van der Waals surface area contributed by atoms with Gasteiger partial charge in [0, 0.05) is 24.9 Å². The Morgan fingerprint density at radius 1 is 0.968 bits per heavy atom. The molecule has 0 amide bonds. The maximum atomic E-state index is 14.1. The van der Waals surface area contributed by atoms with E-state index in [1.54, 1.807) is 0 Å². The SMILES string of the molecule is NC1CC(C(F)(F)F)C2CCCCC(F)(F)CC[C@](O)(C(F)(F)F)C3NNC(O3)C1N2. The van der Waals surface area contributed by atoms with Crippen molar-refractivity contribution in [2.75, 3.05) is 0 Å². The number of nitrogens with one attached hydrogen (secondary N) is 3. The van der Waals surface area contributed by atoms with Gasteiger partial charge in [-0.25, -0.2) is 19.6 Å². The number of piperidine rings is 1. The van der Waals surface area contributed by atoms with Crippen LogP contribution in [0, 0.1) is 5.92 Å². The van der Waals surface area contributed by atoms with E-state index in [0.29, 0.717) is 0 Å². The fraction of sp³-hybridized carbons (Fsp3) is 1.00. The summed E-state index contributed by atoms with van der Waals surface area (Å²) in [5, 5.41) is 13.0. The van der Waals surface area contributed by atoms with Gasteiger partial charge in [0.05, 0.1) is 12.0 Å². The number of fused-ring (bicyclic) bond motifs is 5. The van der Waals surface area contributed by atoms with Crippen molar-refractivity contribution in [3.63, 3.8) is 0 Å². The van der Waals surface area contributed by atoms with Crippen LogP contribution >= 0.6 is 0 Å². The van der Waals surface area contributed by atoms with Crippen LogP contribution < -0.4 is 21.9 Å². The summed E-state index contributed by atoms with van der Waals surface area (Å²) in [4.78, 5) is 0. The molecule has 7 atom stereocenters. The molecule has 0 aliphatic carbocycles. The number of hydrogen-bond donors (Lipinski definition) is 5. The van der Waals surface area contributed by atoms with Gasteiger partial charge in [-0.15, -0.1) is 0 Å². The average molecular weight is 470 g/mol.